The van der Waals surface area contributed by atoms with E-state index in [1.807, 2.05) is 0 Å². The molecule has 1 aliphatic rings. The van der Waals surface area contributed by atoms with E-state index in [9.17, 15) is 18.0 Å². The standard InChI is InChI=1S/C19H24Cl2N6O6S/c20-12-9-11(10-13(21)16(12)22)34(31,32)26-14(3-1-5-23-18-24-6-7-25-18)17(28)27-8-2-4-15(27)33-19(29)30/h6-7,9-10,14-15,26H,1-5,8,22H2,(H,29,30)(H2,23,24,25)/t14-,15+/m0/s1. The van der Waals surface area contributed by atoms with E-state index >= 15 is 0 Å². The van der Waals surface area contributed by atoms with Crippen molar-refractivity contribution in [1.82, 2.24) is 19.6 Å². The molecule has 0 spiro atoms. The van der Waals surface area contributed by atoms with Crippen LogP contribution in [0.25, 0.3) is 0 Å². The van der Waals surface area contributed by atoms with Crippen LogP contribution >= 0.6 is 23.2 Å². The van der Waals surface area contributed by atoms with Gasteiger partial charge in [-0.25, -0.2) is 18.2 Å². The maximum absolute atomic E-state index is 13.3. The number of ether oxygens (including phenoxy) is 1. The third-order valence-corrected chi connectivity index (χ3v) is 7.21. The Morgan fingerprint density at radius 1 is 1.35 bits per heavy atom. The first-order valence-electron chi connectivity index (χ1n) is 10.3. The van der Waals surface area contributed by atoms with Crippen molar-refractivity contribution in [1.29, 1.82) is 0 Å². The molecule has 0 saturated carbocycles. The normalized spacial score (nSPS) is 16.9. The number of benzene rings is 1. The van der Waals surface area contributed by atoms with Crippen molar-refractivity contribution in [2.24, 2.45) is 0 Å². The molecule has 3 rings (SSSR count). The molecule has 0 radical (unpaired) electrons. The van der Waals surface area contributed by atoms with Gasteiger partial charge in [0, 0.05) is 31.9 Å². The second-order valence-corrected chi connectivity index (χ2v) is 10.0. The number of nitrogens with two attached hydrogens (primary N) is 1. The molecule has 1 amide bonds. The molecular weight excluding hydrogens is 511 g/mol. The maximum atomic E-state index is 13.3. The lowest BCUT2D eigenvalue weighted by atomic mass is 10.1. The molecule has 2 atom stereocenters. The van der Waals surface area contributed by atoms with Gasteiger partial charge in [-0.3, -0.25) is 4.79 Å². The van der Waals surface area contributed by atoms with E-state index in [1.165, 1.54) is 4.90 Å². The number of nitrogen functional groups attached to an aromatic ring is 1. The fourth-order valence-corrected chi connectivity index (χ4v) is 5.40. The summed E-state index contributed by atoms with van der Waals surface area (Å²) in [4.78, 5) is 32.1. The minimum absolute atomic E-state index is 0.0321. The number of imidazole rings is 1. The first-order valence-corrected chi connectivity index (χ1v) is 12.5. The second-order valence-electron chi connectivity index (χ2n) is 7.49. The van der Waals surface area contributed by atoms with Crippen LogP contribution in [0.3, 0.4) is 0 Å². The largest absolute Gasteiger partial charge is 0.507 e. The third-order valence-electron chi connectivity index (χ3n) is 5.14. The predicted molar refractivity (Wildman–Crippen MR) is 125 cm³/mol. The van der Waals surface area contributed by atoms with Crippen molar-refractivity contribution in [2.75, 3.05) is 24.1 Å². The van der Waals surface area contributed by atoms with E-state index in [0.29, 0.717) is 31.8 Å². The van der Waals surface area contributed by atoms with Gasteiger partial charge in [-0.05, 0) is 31.4 Å². The number of rotatable bonds is 10. The number of carboxylic acid groups (broad SMARTS) is 1. The molecule has 2 heterocycles. The molecule has 1 saturated heterocycles. The minimum atomic E-state index is -4.23. The zero-order valence-electron chi connectivity index (χ0n) is 17.8. The van der Waals surface area contributed by atoms with Gasteiger partial charge in [-0.2, -0.15) is 4.72 Å². The van der Waals surface area contributed by atoms with Gasteiger partial charge in [-0.15, -0.1) is 0 Å². The van der Waals surface area contributed by atoms with Gasteiger partial charge >= 0.3 is 6.16 Å². The number of anilines is 2. The summed E-state index contributed by atoms with van der Waals surface area (Å²) in [5, 5.41) is 11.9. The fraction of sp³-hybridized carbons (Fsp3) is 0.421. The molecule has 34 heavy (non-hydrogen) atoms. The molecule has 0 unspecified atom stereocenters. The smallest absolute Gasteiger partial charge is 0.450 e. The number of aromatic amines is 1. The van der Waals surface area contributed by atoms with E-state index in [4.69, 9.17) is 38.8 Å². The van der Waals surface area contributed by atoms with Crippen LogP contribution in [0, 0.1) is 0 Å². The molecule has 12 nitrogen and oxygen atoms in total. The SMILES string of the molecule is Nc1c(Cl)cc(S(=O)(=O)N[C@@H](CCCNc2ncc[nH]2)C(=O)N2CCC[C@H]2OC(=O)O)cc1Cl. The molecule has 2 aromatic rings. The molecule has 6 N–H and O–H groups in total. The van der Waals surface area contributed by atoms with Crippen LogP contribution in [0.5, 0.6) is 0 Å². The summed E-state index contributed by atoms with van der Waals surface area (Å²) in [6.07, 6.45) is 2.05. The summed E-state index contributed by atoms with van der Waals surface area (Å²) in [5.41, 5.74) is 5.72. The summed E-state index contributed by atoms with van der Waals surface area (Å²) in [5.74, 6) is -0.0676. The molecular formula is C19H24Cl2N6O6S. The zero-order chi connectivity index (χ0) is 24.9. The fourth-order valence-electron chi connectivity index (χ4n) is 3.51. The van der Waals surface area contributed by atoms with Gasteiger partial charge in [-0.1, -0.05) is 23.2 Å². The van der Waals surface area contributed by atoms with E-state index in [0.717, 1.165) is 12.1 Å². The Hall–Kier alpha value is -2.74. The Kier molecular flexibility index (Phi) is 8.47. The van der Waals surface area contributed by atoms with Crippen molar-refractivity contribution < 1.29 is 27.9 Å². The molecule has 0 bridgehead atoms. The highest BCUT2D eigenvalue weighted by molar-refractivity contribution is 7.89. The summed E-state index contributed by atoms with van der Waals surface area (Å²) in [6.45, 7) is 0.632. The topological polar surface area (TPSA) is 180 Å². The molecule has 15 heteroatoms. The van der Waals surface area contributed by atoms with E-state index in [1.54, 1.807) is 12.4 Å². The van der Waals surface area contributed by atoms with Crippen LogP contribution in [0.1, 0.15) is 25.7 Å². The molecule has 1 aromatic heterocycles. The van der Waals surface area contributed by atoms with Crippen LogP contribution in [0.4, 0.5) is 16.4 Å². The van der Waals surface area contributed by atoms with Gasteiger partial charge in [0.1, 0.15) is 6.04 Å². The number of sulfonamides is 1. The Bertz CT molecular complexity index is 1110. The van der Waals surface area contributed by atoms with Gasteiger partial charge in [0.15, 0.2) is 12.2 Å². The number of carbonyl (C=O) groups is 2. The van der Waals surface area contributed by atoms with Crippen molar-refractivity contribution in [3.8, 4) is 0 Å². The molecule has 1 aliphatic heterocycles. The number of nitrogens with one attached hydrogen (secondary N) is 3. The Labute approximate surface area is 205 Å². The maximum Gasteiger partial charge on any atom is 0.507 e. The highest BCUT2D eigenvalue weighted by Gasteiger charge is 2.37. The number of nitrogens with zero attached hydrogens (tertiary/aromatic N) is 2. The summed E-state index contributed by atoms with van der Waals surface area (Å²) >= 11 is 12.0. The Balaban J connectivity index is 1.78. The number of halogens is 2. The lowest BCUT2D eigenvalue weighted by molar-refractivity contribution is -0.140. The lowest BCUT2D eigenvalue weighted by Gasteiger charge is -2.28. The number of amides is 1. The van der Waals surface area contributed by atoms with Crippen LogP contribution in [-0.4, -0.2) is 65.8 Å². The first kappa shape index (κ1) is 25.9. The quantitative estimate of drug-likeness (QED) is 0.174. The van der Waals surface area contributed by atoms with E-state index in [2.05, 4.69) is 20.0 Å². The number of likely N-dealkylation sites (tertiary alicyclic amines) is 1. The van der Waals surface area contributed by atoms with Crippen LogP contribution in [0.15, 0.2) is 29.4 Å². The van der Waals surface area contributed by atoms with Crippen molar-refractivity contribution >= 4 is 56.9 Å². The Morgan fingerprint density at radius 3 is 2.68 bits per heavy atom. The Morgan fingerprint density at radius 2 is 2.06 bits per heavy atom. The van der Waals surface area contributed by atoms with Crippen molar-refractivity contribution in [2.45, 2.75) is 42.8 Å². The van der Waals surface area contributed by atoms with E-state index in [-0.39, 0.29) is 33.6 Å². The van der Waals surface area contributed by atoms with Gasteiger partial charge < -0.3 is 30.8 Å². The highest BCUT2D eigenvalue weighted by Crippen LogP contribution is 2.31. The summed E-state index contributed by atoms with van der Waals surface area (Å²) in [6, 6.07) is 1.07. The number of carbonyl (C=O) groups excluding carboxylic acids is 1. The monoisotopic (exact) mass is 534 g/mol. The predicted octanol–water partition coefficient (Wildman–Crippen LogP) is 2.48. The van der Waals surface area contributed by atoms with Gasteiger partial charge in [0.2, 0.25) is 15.9 Å². The molecule has 1 aromatic carbocycles. The average Bonchev–Trinajstić information content (AvgIpc) is 3.45. The second kappa shape index (κ2) is 11.1. The summed E-state index contributed by atoms with van der Waals surface area (Å²) < 4.78 is 33.3. The molecule has 186 valence electrons. The highest BCUT2D eigenvalue weighted by atomic mass is 35.5. The third kappa shape index (κ3) is 6.44. The number of H-pyrrole nitrogens is 1. The van der Waals surface area contributed by atoms with Crippen LogP contribution in [0.2, 0.25) is 10.0 Å². The lowest BCUT2D eigenvalue weighted by Crippen LogP contribution is -2.50. The number of hydrogen-bond donors (Lipinski definition) is 5. The van der Waals surface area contributed by atoms with Crippen LogP contribution < -0.4 is 15.8 Å². The van der Waals surface area contributed by atoms with Gasteiger partial charge in [0.25, 0.3) is 0 Å². The number of hydrogen-bond acceptors (Lipinski definition) is 8. The van der Waals surface area contributed by atoms with Crippen molar-refractivity contribution in [3.05, 3.63) is 34.6 Å². The summed E-state index contributed by atoms with van der Waals surface area (Å²) in [7, 11) is -4.23. The minimum Gasteiger partial charge on any atom is -0.450 e. The van der Waals surface area contributed by atoms with E-state index < -0.39 is 34.4 Å². The van der Waals surface area contributed by atoms with Crippen molar-refractivity contribution in [3.63, 3.8) is 0 Å². The number of aromatic nitrogens is 2. The van der Waals surface area contributed by atoms with Gasteiger partial charge in [0.05, 0.1) is 20.6 Å². The average molecular weight is 535 g/mol. The zero-order valence-corrected chi connectivity index (χ0v) is 20.2. The first-order chi connectivity index (χ1) is 16.1. The van der Waals surface area contributed by atoms with Crippen LogP contribution in [-0.2, 0) is 19.6 Å². The molecule has 1 fully saturated rings. The molecule has 0 aliphatic carbocycles.